The molecule has 1 aromatic heterocycles. The van der Waals surface area contributed by atoms with Crippen molar-refractivity contribution in [3.05, 3.63) is 42.0 Å². The van der Waals surface area contributed by atoms with Gasteiger partial charge in [0, 0.05) is 13.0 Å². The highest BCUT2D eigenvalue weighted by molar-refractivity contribution is 5.73. The third-order valence-electron chi connectivity index (χ3n) is 3.65. The fourth-order valence-electron chi connectivity index (χ4n) is 2.48. The van der Waals surface area contributed by atoms with Gasteiger partial charge in [-0.2, -0.15) is 0 Å². The maximum Gasteiger partial charge on any atom is 0.315 e. The van der Waals surface area contributed by atoms with Crippen LogP contribution in [0.5, 0.6) is 5.75 Å². The van der Waals surface area contributed by atoms with E-state index in [2.05, 4.69) is 20.8 Å². The molecule has 1 aromatic carbocycles. The summed E-state index contributed by atoms with van der Waals surface area (Å²) in [5, 5.41) is 13.4. The zero-order valence-electron chi connectivity index (χ0n) is 12.5. The van der Waals surface area contributed by atoms with Gasteiger partial charge in [-0.15, -0.1) is 10.2 Å². The first kappa shape index (κ1) is 14.4. The summed E-state index contributed by atoms with van der Waals surface area (Å²) >= 11 is 0. The Labute approximate surface area is 128 Å². The molecule has 2 N–H and O–H groups in total. The van der Waals surface area contributed by atoms with E-state index in [0.29, 0.717) is 13.1 Å². The summed E-state index contributed by atoms with van der Waals surface area (Å²) in [4.78, 5) is 11.8. The lowest BCUT2D eigenvalue weighted by Crippen LogP contribution is -2.41. The molecule has 0 bridgehead atoms. The molecule has 0 spiro atoms. The van der Waals surface area contributed by atoms with Gasteiger partial charge in [0.25, 0.3) is 0 Å². The van der Waals surface area contributed by atoms with Gasteiger partial charge in [-0.1, -0.05) is 18.2 Å². The minimum Gasteiger partial charge on any atom is -0.488 e. The highest BCUT2D eigenvalue weighted by Crippen LogP contribution is 2.27. The number of carbonyl (C=O) groups is 1. The zero-order chi connectivity index (χ0) is 15.4. The Morgan fingerprint density at radius 2 is 2.27 bits per heavy atom. The van der Waals surface area contributed by atoms with Crippen molar-refractivity contribution in [3.8, 4) is 5.75 Å². The largest absolute Gasteiger partial charge is 0.488 e. The number of fused-ring (bicyclic) bond motifs is 1. The van der Waals surface area contributed by atoms with Gasteiger partial charge in [0.2, 0.25) is 0 Å². The summed E-state index contributed by atoms with van der Waals surface area (Å²) in [6, 6.07) is 7.71. The first-order chi connectivity index (χ1) is 10.8. The van der Waals surface area contributed by atoms with Gasteiger partial charge in [0.1, 0.15) is 18.2 Å². The van der Waals surface area contributed by atoms with Crippen LogP contribution in [0.15, 0.2) is 30.6 Å². The highest BCUT2D eigenvalue weighted by atomic mass is 16.5. The Kier molecular flexibility index (Phi) is 4.22. The maximum atomic E-state index is 11.8. The molecule has 116 valence electrons. The van der Waals surface area contributed by atoms with Crippen molar-refractivity contribution < 1.29 is 9.53 Å². The molecule has 2 amide bonds. The Morgan fingerprint density at radius 3 is 3.09 bits per heavy atom. The number of urea groups is 1. The molecule has 0 saturated heterocycles. The van der Waals surface area contributed by atoms with Crippen LogP contribution in [0.25, 0.3) is 0 Å². The number of para-hydroxylation sites is 1. The molecule has 1 atom stereocenters. The third kappa shape index (κ3) is 3.19. The summed E-state index contributed by atoms with van der Waals surface area (Å²) in [6.07, 6.45) is 2.46. The molecule has 3 rings (SSSR count). The van der Waals surface area contributed by atoms with Crippen molar-refractivity contribution in [2.45, 2.75) is 32.5 Å². The van der Waals surface area contributed by atoms with Crippen LogP contribution in [-0.2, 0) is 19.5 Å². The van der Waals surface area contributed by atoms with Crippen LogP contribution in [0.1, 0.15) is 18.3 Å². The van der Waals surface area contributed by atoms with E-state index in [4.69, 9.17) is 4.74 Å². The van der Waals surface area contributed by atoms with Crippen molar-refractivity contribution in [2.24, 2.45) is 0 Å². The van der Waals surface area contributed by atoms with E-state index in [1.54, 1.807) is 6.33 Å². The number of aryl methyl sites for hydroxylation is 1. The van der Waals surface area contributed by atoms with Gasteiger partial charge in [-0.25, -0.2) is 4.79 Å². The molecule has 7 heteroatoms. The molecule has 22 heavy (non-hydrogen) atoms. The number of ether oxygens (including phenoxy) is 1. The van der Waals surface area contributed by atoms with E-state index in [1.165, 1.54) is 5.56 Å². The second-order valence-corrected chi connectivity index (χ2v) is 5.15. The fourth-order valence-corrected chi connectivity index (χ4v) is 2.48. The van der Waals surface area contributed by atoms with Crippen molar-refractivity contribution in [3.63, 3.8) is 0 Å². The number of carbonyl (C=O) groups excluding carboxylic acids is 1. The van der Waals surface area contributed by atoms with E-state index < -0.39 is 0 Å². The Bertz CT molecular complexity index is 630. The lowest BCUT2D eigenvalue weighted by molar-refractivity contribution is 0.213. The van der Waals surface area contributed by atoms with Crippen LogP contribution < -0.4 is 15.4 Å². The van der Waals surface area contributed by atoms with Crippen LogP contribution in [0.2, 0.25) is 0 Å². The van der Waals surface area contributed by atoms with Gasteiger partial charge in [-0.3, -0.25) is 0 Å². The Balaban J connectivity index is 1.42. The van der Waals surface area contributed by atoms with Crippen molar-refractivity contribution in [1.82, 2.24) is 25.4 Å². The van der Waals surface area contributed by atoms with Gasteiger partial charge >= 0.3 is 6.03 Å². The molecule has 1 aliphatic rings. The number of amides is 2. The van der Waals surface area contributed by atoms with Gasteiger partial charge in [0.15, 0.2) is 5.82 Å². The first-order valence-electron chi connectivity index (χ1n) is 7.39. The quantitative estimate of drug-likeness (QED) is 0.866. The average molecular weight is 301 g/mol. The summed E-state index contributed by atoms with van der Waals surface area (Å²) in [5.74, 6) is 1.65. The van der Waals surface area contributed by atoms with Crippen molar-refractivity contribution >= 4 is 6.03 Å². The highest BCUT2D eigenvalue weighted by Gasteiger charge is 2.22. The predicted octanol–water partition coefficient (Wildman–Crippen LogP) is 1.10. The molecule has 1 aliphatic heterocycles. The summed E-state index contributed by atoms with van der Waals surface area (Å²) in [7, 11) is 0. The fraction of sp³-hybridized carbons (Fsp3) is 0.400. The molecule has 7 nitrogen and oxygen atoms in total. The molecule has 0 radical (unpaired) electrons. The van der Waals surface area contributed by atoms with Crippen molar-refractivity contribution in [1.29, 1.82) is 0 Å². The standard InChI is InChI=1S/C15H19N5O2/c1-2-20-10-18-19-14(20)9-17-15(21)16-8-12-7-11-5-3-4-6-13(11)22-12/h3-6,10,12H,2,7-9H2,1H3,(H2,16,17,21)/t12-/m1/s1. The molecule has 0 unspecified atom stereocenters. The summed E-state index contributed by atoms with van der Waals surface area (Å²) in [6.45, 7) is 3.61. The molecule has 0 saturated carbocycles. The minimum atomic E-state index is -0.231. The number of aromatic nitrogens is 3. The van der Waals surface area contributed by atoms with Gasteiger partial charge < -0.3 is 19.9 Å². The van der Waals surface area contributed by atoms with E-state index in [9.17, 15) is 4.79 Å². The normalized spacial score (nSPS) is 16.0. The summed E-state index contributed by atoms with van der Waals surface area (Å²) in [5.41, 5.74) is 1.19. The van der Waals surface area contributed by atoms with Crippen LogP contribution >= 0.6 is 0 Å². The lowest BCUT2D eigenvalue weighted by Gasteiger charge is -2.12. The van der Waals surface area contributed by atoms with Gasteiger partial charge in [0.05, 0.1) is 13.1 Å². The molecule has 2 aromatic rings. The minimum absolute atomic E-state index is 0.0116. The maximum absolute atomic E-state index is 11.8. The third-order valence-corrected chi connectivity index (χ3v) is 3.65. The molecular formula is C15H19N5O2. The number of hydrogen-bond donors (Lipinski definition) is 2. The number of benzene rings is 1. The number of hydrogen-bond acceptors (Lipinski definition) is 4. The predicted molar refractivity (Wildman–Crippen MR) is 80.5 cm³/mol. The second-order valence-electron chi connectivity index (χ2n) is 5.15. The second kappa shape index (κ2) is 6.46. The number of rotatable bonds is 5. The van der Waals surface area contributed by atoms with Crippen molar-refractivity contribution in [2.75, 3.05) is 6.54 Å². The van der Waals surface area contributed by atoms with Crippen LogP contribution in [-0.4, -0.2) is 33.4 Å². The summed E-state index contributed by atoms with van der Waals surface area (Å²) < 4.78 is 7.66. The average Bonchev–Trinajstić information content (AvgIpc) is 3.16. The van der Waals surface area contributed by atoms with Gasteiger partial charge in [-0.05, 0) is 18.6 Å². The van der Waals surface area contributed by atoms with Crippen LogP contribution in [0.4, 0.5) is 4.79 Å². The van der Waals surface area contributed by atoms with E-state index >= 15 is 0 Å². The molecule has 0 aliphatic carbocycles. The smallest absolute Gasteiger partial charge is 0.315 e. The number of nitrogens with zero attached hydrogens (tertiary/aromatic N) is 3. The Hall–Kier alpha value is -2.57. The monoisotopic (exact) mass is 301 g/mol. The van der Waals surface area contributed by atoms with Crippen LogP contribution in [0.3, 0.4) is 0 Å². The lowest BCUT2D eigenvalue weighted by atomic mass is 10.1. The first-order valence-corrected chi connectivity index (χ1v) is 7.39. The topological polar surface area (TPSA) is 81.1 Å². The molecule has 0 fully saturated rings. The zero-order valence-corrected chi connectivity index (χ0v) is 12.5. The Morgan fingerprint density at radius 1 is 1.41 bits per heavy atom. The molecular weight excluding hydrogens is 282 g/mol. The van der Waals surface area contributed by atoms with Crippen LogP contribution in [0, 0.1) is 0 Å². The molecule has 2 heterocycles. The van der Waals surface area contributed by atoms with E-state index in [-0.39, 0.29) is 12.1 Å². The number of nitrogens with one attached hydrogen (secondary N) is 2. The van der Waals surface area contributed by atoms with E-state index in [0.717, 1.165) is 24.5 Å². The SMILES string of the molecule is CCn1cnnc1CNC(=O)NC[C@H]1Cc2ccccc2O1. The van der Waals surface area contributed by atoms with E-state index in [1.807, 2.05) is 35.8 Å².